The fourth-order valence-electron chi connectivity index (χ4n) is 2.98. The maximum Gasteiger partial charge on any atom is 0.0721 e. The Kier molecular flexibility index (Phi) is 4.13. The first-order chi connectivity index (χ1) is 8.39. The van der Waals surface area contributed by atoms with Gasteiger partial charge in [0.1, 0.15) is 0 Å². The zero-order valence-corrected chi connectivity index (χ0v) is 12.8. The van der Waals surface area contributed by atoms with E-state index < -0.39 is 0 Å². The van der Waals surface area contributed by atoms with E-state index >= 15 is 0 Å². The molecule has 1 nitrogen and oxygen atoms in total. The topological polar surface area (TPSA) is 12.0 Å². The highest BCUT2D eigenvalue weighted by Crippen LogP contribution is 2.41. The number of rotatable bonds is 2. The summed E-state index contributed by atoms with van der Waals surface area (Å²) < 4.78 is 0. The van der Waals surface area contributed by atoms with Crippen LogP contribution in [0, 0.1) is 11.3 Å². The fraction of sp³-hybridized carbons (Fsp3) is 0.600. The molecule has 1 aromatic carbocycles. The van der Waals surface area contributed by atoms with Gasteiger partial charge in [0.25, 0.3) is 0 Å². The molecule has 1 aliphatic carbocycles. The smallest absolute Gasteiger partial charge is 0.0721 e. The molecule has 0 spiro atoms. The molecule has 0 radical (unpaired) electrons. The molecule has 2 unspecified atom stereocenters. The molecular formula is C15H21Cl2N. The van der Waals surface area contributed by atoms with Gasteiger partial charge in [-0.05, 0) is 42.7 Å². The van der Waals surface area contributed by atoms with Crippen molar-refractivity contribution in [2.24, 2.45) is 11.3 Å². The molecule has 1 fully saturated rings. The summed E-state index contributed by atoms with van der Waals surface area (Å²) in [5.41, 5.74) is 1.35. The van der Waals surface area contributed by atoms with Gasteiger partial charge in [-0.3, -0.25) is 0 Å². The molecule has 18 heavy (non-hydrogen) atoms. The SMILES string of the molecule is CC1CC(C)(C)CCC1Nc1c(Cl)cccc1Cl. The average Bonchev–Trinajstić information content (AvgIpc) is 2.25. The summed E-state index contributed by atoms with van der Waals surface area (Å²) in [6.07, 6.45) is 3.67. The minimum atomic E-state index is 0.460. The molecule has 1 N–H and O–H groups in total. The van der Waals surface area contributed by atoms with Gasteiger partial charge in [0.2, 0.25) is 0 Å². The normalized spacial score (nSPS) is 26.9. The molecule has 0 aliphatic heterocycles. The third kappa shape index (κ3) is 3.13. The van der Waals surface area contributed by atoms with E-state index in [1.165, 1.54) is 19.3 Å². The Morgan fingerprint density at radius 1 is 1.22 bits per heavy atom. The second-order valence-electron chi connectivity index (χ2n) is 6.23. The molecule has 0 aromatic heterocycles. The van der Waals surface area contributed by atoms with Crippen molar-refractivity contribution in [3.63, 3.8) is 0 Å². The van der Waals surface area contributed by atoms with Crippen molar-refractivity contribution in [2.75, 3.05) is 5.32 Å². The maximum absolute atomic E-state index is 6.21. The van der Waals surface area contributed by atoms with Gasteiger partial charge in [-0.25, -0.2) is 0 Å². The third-order valence-corrected chi connectivity index (χ3v) is 4.62. The second-order valence-corrected chi connectivity index (χ2v) is 7.05. The van der Waals surface area contributed by atoms with Crippen LogP contribution in [0.5, 0.6) is 0 Å². The molecular weight excluding hydrogens is 265 g/mol. The van der Waals surface area contributed by atoms with Crippen LogP contribution < -0.4 is 5.32 Å². The summed E-state index contributed by atoms with van der Waals surface area (Å²) in [4.78, 5) is 0. The summed E-state index contributed by atoms with van der Waals surface area (Å²) >= 11 is 12.4. The van der Waals surface area contributed by atoms with Gasteiger partial charge in [-0.2, -0.15) is 0 Å². The first-order valence-corrected chi connectivity index (χ1v) is 7.35. The Hall–Kier alpha value is -0.400. The summed E-state index contributed by atoms with van der Waals surface area (Å²) in [6, 6.07) is 6.11. The standard InChI is InChI=1S/C15H21Cl2N/c1-10-9-15(2,3)8-7-13(10)18-14-11(16)5-4-6-12(14)17/h4-6,10,13,18H,7-9H2,1-3H3. The van der Waals surface area contributed by atoms with Gasteiger partial charge in [0, 0.05) is 6.04 Å². The van der Waals surface area contributed by atoms with E-state index in [0.717, 1.165) is 5.69 Å². The number of hydrogen-bond donors (Lipinski definition) is 1. The lowest BCUT2D eigenvalue weighted by Crippen LogP contribution is -2.37. The highest BCUT2D eigenvalue weighted by Gasteiger charge is 2.32. The van der Waals surface area contributed by atoms with Crippen LogP contribution in [0.25, 0.3) is 0 Å². The lowest BCUT2D eigenvalue weighted by molar-refractivity contribution is 0.177. The monoisotopic (exact) mass is 285 g/mol. The Bertz CT molecular complexity index is 408. The minimum absolute atomic E-state index is 0.460. The van der Waals surface area contributed by atoms with Gasteiger partial charge >= 0.3 is 0 Å². The molecule has 0 amide bonds. The summed E-state index contributed by atoms with van der Waals surface area (Å²) in [5, 5.41) is 4.96. The van der Waals surface area contributed by atoms with Gasteiger partial charge in [-0.1, -0.05) is 50.0 Å². The minimum Gasteiger partial charge on any atom is -0.380 e. The van der Waals surface area contributed by atoms with Crippen LogP contribution in [-0.2, 0) is 0 Å². The highest BCUT2D eigenvalue weighted by molar-refractivity contribution is 6.39. The Labute approximate surface area is 120 Å². The Morgan fingerprint density at radius 3 is 2.39 bits per heavy atom. The average molecular weight is 286 g/mol. The number of benzene rings is 1. The quantitative estimate of drug-likeness (QED) is 0.744. The zero-order valence-electron chi connectivity index (χ0n) is 11.3. The number of halogens is 2. The van der Waals surface area contributed by atoms with Crippen molar-refractivity contribution in [1.29, 1.82) is 0 Å². The third-order valence-electron chi connectivity index (χ3n) is 3.99. The highest BCUT2D eigenvalue weighted by atomic mass is 35.5. The molecule has 0 bridgehead atoms. The second kappa shape index (κ2) is 5.30. The lowest BCUT2D eigenvalue weighted by Gasteiger charge is -2.40. The van der Waals surface area contributed by atoms with Crippen LogP contribution in [0.15, 0.2) is 18.2 Å². The predicted octanol–water partition coefficient (Wildman–Crippen LogP) is 5.62. The first kappa shape index (κ1) is 14.0. The summed E-state index contributed by atoms with van der Waals surface area (Å²) in [5.74, 6) is 0.640. The molecule has 1 aromatic rings. The molecule has 1 saturated carbocycles. The van der Waals surface area contributed by atoms with Crippen LogP contribution in [0.2, 0.25) is 10.0 Å². The number of nitrogens with one attached hydrogen (secondary N) is 1. The molecule has 2 rings (SSSR count). The van der Waals surface area contributed by atoms with Crippen molar-refractivity contribution in [1.82, 2.24) is 0 Å². The predicted molar refractivity (Wildman–Crippen MR) is 80.7 cm³/mol. The van der Waals surface area contributed by atoms with Crippen LogP contribution in [0.4, 0.5) is 5.69 Å². The number of para-hydroxylation sites is 1. The first-order valence-electron chi connectivity index (χ1n) is 6.59. The van der Waals surface area contributed by atoms with E-state index in [-0.39, 0.29) is 0 Å². The summed E-state index contributed by atoms with van der Waals surface area (Å²) in [7, 11) is 0. The lowest BCUT2D eigenvalue weighted by atomic mass is 9.70. The molecule has 1 aliphatic rings. The van der Waals surface area contributed by atoms with E-state index in [9.17, 15) is 0 Å². The van der Waals surface area contributed by atoms with Crippen LogP contribution in [0.1, 0.15) is 40.0 Å². The molecule has 0 heterocycles. The van der Waals surface area contributed by atoms with E-state index in [2.05, 4.69) is 26.1 Å². The fourth-order valence-corrected chi connectivity index (χ4v) is 3.49. The number of anilines is 1. The Morgan fingerprint density at radius 2 is 1.83 bits per heavy atom. The van der Waals surface area contributed by atoms with E-state index in [1.807, 2.05) is 18.2 Å². The zero-order chi connectivity index (χ0) is 13.3. The largest absolute Gasteiger partial charge is 0.380 e. The molecule has 3 heteroatoms. The van der Waals surface area contributed by atoms with E-state index in [4.69, 9.17) is 23.2 Å². The van der Waals surface area contributed by atoms with Gasteiger partial charge < -0.3 is 5.32 Å². The van der Waals surface area contributed by atoms with Gasteiger partial charge in [0.05, 0.1) is 15.7 Å². The van der Waals surface area contributed by atoms with Gasteiger partial charge in [0.15, 0.2) is 0 Å². The molecule has 2 atom stereocenters. The van der Waals surface area contributed by atoms with Crippen LogP contribution in [-0.4, -0.2) is 6.04 Å². The van der Waals surface area contributed by atoms with Crippen LogP contribution >= 0.6 is 23.2 Å². The van der Waals surface area contributed by atoms with E-state index in [0.29, 0.717) is 27.4 Å². The van der Waals surface area contributed by atoms with Crippen molar-refractivity contribution in [3.8, 4) is 0 Å². The van der Waals surface area contributed by atoms with Crippen LogP contribution in [0.3, 0.4) is 0 Å². The molecule has 0 saturated heterocycles. The maximum atomic E-state index is 6.21. The summed E-state index contributed by atoms with van der Waals surface area (Å²) in [6.45, 7) is 7.01. The van der Waals surface area contributed by atoms with E-state index in [1.54, 1.807) is 0 Å². The van der Waals surface area contributed by atoms with Crippen molar-refractivity contribution < 1.29 is 0 Å². The van der Waals surface area contributed by atoms with Gasteiger partial charge in [-0.15, -0.1) is 0 Å². The Balaban J connectivity index is 2.11. The van der Waals surface area contributed by atoms with Crippen molar-refractivity contribution in [3.05, 3.63) is 28.2 Å². The molecule has 100 valence electrons. The van der Waals surface area contributed by atoms with Crippen molar-refractivity contribution in [2.45, 2.75) is 46.1 Å². The van der Waals surface area contributed by atoms with Crippen molar-refractivity contribution >= 4 is 28.9 Å². The number of hydrogen-bond acceptors (Lipinski definition) is 1.